The first kappa shape index (κ1) is 20.4. The Hall–Kier alpha value is -3.00. The van der Waals surface area contributed by atoms with Gasteiger partial charge in [-0.3, -0.25) is 0 Å². The van der Waals surface area contributed by atoms with Crippen LogP contribution in [0.2, 0.25) is 0 Å². The van der Waals surface area contributed by atoms with Crippen molar-refractivity contribution in [1.82, 2.24) is 0 Å². The third kappa shape index (κ3) is 2.14. The van der Waals surface area contributed by atoms with Gasteiger partial charge in [0.05, 0.1) is 11.4 Å². The molecule has 0 amide bonds. The van der Waals surface area contributed by atoms with E-state index in [1.165, 1.54) is 68.7 Å². The van der Waals surface area contributed by atoms with Crippen LogP contribution in [0, 0.1) is 33.1 Å². The van der Waals surface area contributed by atoms with Crippen molar-refractivity contribution in [2.24, 2.45) is 5.41 Å². The first-order valence-electron chi connectivity index (χ1n) is 12.9. The van der Waals surface area contributed by atoms with Crippen molar-refractivity contribution in [1.29, 1.82) is 0 Å². The Morgan fingerprint density at radius 1 is 0.853 bits per heavy atom. The fourth-order valence-corrected chi connectivity index (χ4v) is 7.82. The Bertz CT molecular complexity index is 1430. The second kappa shape index (κ2) is 6.36. The zero-order valence-electron chi connectivity index (χ0n) is 21.2. The lowest BCUT2D eigenvalue weighted by Gasteiger charge is -2.46. The molecule has 2 nitrogen and oxygen atoms in total. The molecule has 7 rings (SSSR count). The summed E-state index contributed by atoms with van der Waals surface area (Å²) in [5, 5.41) is 0. The molecule has 0 aromatic heterocycles. The summed E-state index contributed by atoms with van der Waals surface area (Å²) < 4.78 is 7.20. The molecule has 3 atom stereocenters. The Kier molecular flexibility index (Phi) is 3.81. The van der Waals surface area contributed by atoms with E-state index in [1.807, 2.05) is 0 Å². The Balaban J connectivity index is 1.64. The molecule has 1 fully saturated rings. The number of fused-ring (bicyclic) bond motifs is 6. The van der Waals surface area contributed by atoms with E-state index in [0.717, 1.165) is 12.2 Å². The van der Waals surface area contributed by atoms with Crippen LogP contribution in [-0.4, -0.2) is 6.23 Å². The van der Waals surface area contributed by atoms with Gasteiger partial charge in [-0.25, -0.2) is 0 Å². The molecule has 0 radical (unpaired) electrons. The fraction of sp³-hybridized carbons (Fsp3) is 0.375. The molecule has 1 saturated carbocycles. The van der Waals surface area contributed by atoms with Crippen molar-refractivity contribution in [3.05, 3.63) is 87.5 Å². The van der Waals surface area contributed by atoms with Crippen LogP contribution in [0.25, 0.3) is 22.6 Å². The summed E-state index contributed by atoms with van der Waals surface area (Å²) in [5.41, 5.74) is 15.2. The summed E-state index contributed by atoms with van der Waals surface area (Å²) in [6.45, 7) is 13.7. The summed E-state index contributed by atoms with van der Waals surface area (Å²) in [5.74, 6) is 1.08. The van der Waals surface area contributed by atoms with Gasteiger partial charge in [-0.2, -0.15) is 0 Å². The third-order valence-electron chi connectivity index (χ3n) is 9.51. The fourth-order valence-electron chi connectivity index (χ4n) is 7.82. The van der Waals surface area contributed by atoms with E-state index < -0.39 is 0 Å². The molecule has 34 heavy (non-hydrogen) atoms. The minimum Gasteiger partial charge on any atom is -0.467 e. The van der Waals surface area contributed by atoms with Gasteiger partial charge in [-0.15, -0.1) is 0 Å². The molecule has 3 heterocycles. The zero-order valence-corrected chi connectivity index (χ0v) is 21.2. The molecule has 3 aromatic carbocycles. The summed E-state index contributed by atoms with van der Waals surface area (Å²) in [4.78, 5) is 2.62. The van der Waals surface area contributed by atoms with Gasteiger partial charge in [0.2, 0.25) is 0 Å². The minimum atomic E-state index is 0.0601. The maximum absolute atomic E-state index is 7.20. The van der Waals surface area contributed by atoms with Crippen molar-refractivity contribution in [3.8, 4) is 11.1 Å². The van der Waals surface area contributed by atoms with Crippen molar-refractivity contribution >= 4 is 17.1 Å². The van der Waals surface area contributed by atoms with Crippen LogP contribution >= 0.6 is 0 Å². The topological polar surface area (TPSA) is 12.5 Å². The first-order valence-corrected chi connectivity index (χ1v) is 12.9. The van der Waals surface area contributed by atoms with Crippen LogP contribution in [0.5, 0.6) is 0 Å². The SMILES string of the molecule is CCC12CC1(CC)C1OC(c3c(C)cccc3C)=C3c4ccc(C)cc4-c4cc(C)cc2c4N31. The van der Waals surface area contributed by atoms with Crippen molar-refractivity contribution < 1.29 is 4.74 Å². The number of nitrogens with zero attached hydrogens (tertiary/aromatic N) is 1. The summed E-state index contributed by atoms with van der Waals surface area (Å²) in [7, 11) is 0. The Labute approximate surface area is 203 Å². The van der Waals surface area contributed by atoms with E-state index in [2.05, 4.69) is 95.0 Å². The van der Waals surface area contributed by atoms with Gasteiger partial charge in [0, 0.05) is 27.5 Å². The number of hydrogen-bond donors (Lipinski definition) is 0. The highest BCUT2D eigenvalue weighted by atomic mass is 16.5. The van der Waals surface area contributed by atoms with Crippen molar-refractivity contribution in [2.45, 2.75) is 72.4 Å². The molecule has 4 aliphatic rings. The van der Waals surface area contributed by atoms with Gasteiger partial charge < -0.3 is 9.64 Å². The molecule has 172 valence electrons. The van der Waals surface area contributed by atoms with Gasteiger partial charge in [-0.1, -0.05) is 67.4 Å². The number of rotatable bonds is 3. The highest BCUT2D eigenvalue weighted by Gasteiger charge is 2.76. The predicted octanol–water partition coefficient (Wildman–Crippen LogP) is 8.05. The van der Waals surface area contributed by atoms with Gasteiger partial charge in [0.1, 0.15) is 0 Å². The molecule has 0 bridgehead atoms. The lowest BCUT2D eigenvalue weighted by molar-refractivity contribution is 0.0849. The molecule has 2 heteroatoms. The van der Waals surface area contributed by atoms with Crippen LogP contribution in [-0.2, 0) is 10.2 Å². The quantitative estimate of drug-likeness (QED) is 0.403. The van der Waals surface area contributed by atoms with E-state index >= 15 is 0 Å². The third-order valence-corrected chi connectivity index (χ3v) is 9.51. The van der Waals surface area contributed by atoms with Crippen LogP contribution in [0.15, 0.2) is 48.5 Å². The number of ether oxygens (including phenoxy) is 1. The maximum atomic E-state index is 7.20. The van der Waals surface area contributed by atoms with Gasteiger partial charge in [-0.05, 0) is 75.3 Å². The van der Waals surface area contributed by atoms with E-state index in [-0.39, 0.29) is 17.1 Å². The molecule has 1 aliphatic carbocycles. The van der Waals surface area contributed by atoms with Crippen molar-refractivity contribution in [2.75, 3.05) is 4.90 Å². The summed E-state index contributed by atoms with van der Waals surface area (Å²) in [6.07, 6.45) is 3.58. The largest absolute Gasteiger partial charge is 0.467 e. The number of hydrogen-bond acceptors (Lipinski definition) is 2. The van der Waals surface area contributed by atoms with Crippen LogP contribution in [0.3, 0.4) is 0 Å². The first-order chi connectivity index (χ1) is 16.4. The van der Waals surface area contributed by atoms with E-state index in [1.54, 1.807) is 5.56 Å². The van der Waals surface area contributed by atoms with Gasteiger partial charge in [0.25, 0.3) is 0 Å². The highest BCUT2D eigenvalue weighted by Crippen LogP contribution is 2.78. The molecule has 3 aliphatic heterocycles. The molecule has 0 spiro atoms. The Morgan fingerprint density at radius 3 is 2.29 bits per heavy atom. The monoisotopic (exact) mass is 447 g/mol. The maximum Gasteiger partial charge on any atom is 0.183 e. The van der Waals surface area contributed by atoms with Gasteiger partial charge in [0.15, 0.2) is 12.0 Å². The van der Waals surface area contributed by atoms with Crippen molar-refractivity contribution in [3.63, 3.8) is 0 Å². The lowest BCUT2D eigenvalue weighted by atomic mass is 9.73. The second-order valence-electron chi connectivity index (χ2n) is 11.2. The van der Waals surface area contributed by atoms with E-state index in [0.29, 0.717) is 0 Å². The molecule has 0 N–H and O–H groups in total. The molecular weight excluding hydrogens is 414 g/mol. The second-order valence-corrected chi connectivity index (χ2v) is 11.2. The number of benzene rings is 3. The molecule has 3 aromatic rings. The number of anilines is 1. The smallest absolute Gasteiger partial charge is 0.183 e. The minimum absolute atomic E-state index is 0.0601. The standard InChI is InChI=1S/C32H33NO/c1-7-31-17-32(31,8-2)30-33-27-24(15-19(4)16-25(27)31)23-14-18(3)12-13-22(23)28(33)29(34-30)26-20(5)10-9-11-21(26)6/h9-16,30H,7-8,17H2,1-6H3. The Morgan fingerprint density at radius 2 is 1.59 bits per heavy atom. The molecule has 3 unspecified atom stereocenters. The predicted molar refractivity (Wildman–Crippen MR) is 141 cm³/mol. The van der Waals surface area contributed by atoms with Crippen LogP contribution in [0.4, 0.5) is 5.69 Å². The molecular formula is C32H33NO. The van der Waals surface area contributed by atoms with E-state index in [9.17, 15) is 0 Å². The lowest BCUT2D eigenvalue weighted by Crippen LogP contribution is -2.47. The normalized spacial score (nSPS) is 27.2. The molecule has 0 saturated heterocycles. The highest BCUT2D eigenvalue weighted by molar-refractivity contribution is 6.10. The van der Waals surface area contributed by atoms with E-state index in [4.69, 9.17) is 4.74 Å². The zero-order chi connectivity index (χ0) is 23.6. The average molecular weight is 448 g/mol. The number of aryl methyl sites for hydroxylation is 4. The van der Waals surface area contributed by atoms with Crippen LogP contribution < -0.4 is 4.90 Å². The van der Waals surface area contributed by atoms with Gasteiger partial charge >= 0.3 is 0 Å². The summed E-state index contributed by atoms with van der Waals surface area (Å²) >= 11 is 0. The average Bonchev–Trinajstić information content (AvgIpc) is 3.37. The summed E-state index contributed by atoms with van der Waals surface area (Å²) in [6, 6.07) is 18.5. The van der Waals surface area contributed by atoms with Crippen LogP contribution in [0.1, 0.15) is 72.1 Å².